The maximum Gasteiger partial charge on any atom is 0.345 e. The summed E-state index contributed by atoms with van der Waals surface area (Å²) >= 11 is 0.985. The minimum absolute atomic E-state index is 0.0537. The van der Waals surface area contributed by atoms with E-state index in [9.17, 15) is 14.7 Å². The number of phenolic OH excluding ortho intramolecular Hbond substituents is 1. The van der Waals surface area contributed by atoms with E-state index in [1.807, 2.05) is 0 Å². The lowest BCUT2D eigenvalue weighted by atomic mass is 10.2. The second-order valence-electron chi connectivity index (χ2n) is 5.01. The second kappa shape index (κ2) is 7.63. The summed E-state index contributed by atoms with van der Waals surface area (Å²) in [5.74, 6) is -0.186. The van der Waals surface area contributed by atoms with E-state index in [2.05, 4.69) is 4.98 Å². The quantitative estimate of drug-likeness (QED) is 0.436. The van der Waals surface area contributed by atoms with E-state index < -0.39 is 5.97 Å². The van der Waals surface area contributed by atoms with Crippen LogP contribution in [-0.4, -0.2) is 21.2 Å². The zero-order valence-electron chi connectivity index (χ0n) is 13.0. The summed E-state index contributed by atoms with van der Waals surface area (Å²) in [6.07, 6.45) is 3.00. The van der Waals surface area contributed by atoms with Crippen LogP contribution in [0.5, 0.6) is 11.5 Å². The minimum atomic E-state index is -0.501. The SMILES string of the molecule is O=C(Oc1ccc(SC(=O)c2ccccc2O)cc1)c1cccnc1. The lowest BCUT2D eigenvalue weighted by molar-refractivity contribution is 0.0734. The number of hydrogen-bond acceptors (Lipinski definition) is 6. The van der Waals surface area contributed by atoms with E-state index in [-0.39, 0.29) is 16.4 Å². The fourth-order valence-electron chi connectivity index (χ4n) is 2.03. The first-order valence-electron chi connectivity index (χ1n) is 7.36. The third kappa shape index (κ3) is 4.24. The third-order valence-corrected chi connectivity index (χ3v) is 4.18. The topological polar surface area (TPSA) is 76.5 Å². The van der Waals surface area contributed by atoms with Crippen molar-refractivity contribution in [3.63, 3.8) is 0 Å². The van der Waals surface area contributed by atoms with Crippen LogP contribution in [0.25, 0.3) is 0 Å². The number of rotatable bonds is 4. The smallest absolute Gasteiger partial charge is 0.345 e. The van der Waals surface area contributed by atoms with Gasteiger partial charge in [-0.1, -0.05) is 12.1 Å². The molecule has 0 spiro atoms. The Morgan fingerprint density at radius 1 is 0.960 bits per heavy atom. The summed E-state index contributed by atoms with van der Waals surface area (Å²) in [5, 5.41) is 9.45. The predicted molar refractivity (Wildman–Crippen MR) is 93.9 cm³/mol. The molecule has 0 atom stereocenters. The summed E-state index contributed by atoms with van der Waals surface area (Å²) in [4.78, 5) is 28.7. The average molecular weight is 351 g/mol. The molecule has 0 aliphatic carbocycles. The molecule has 0 fully saturated rings. The van der Waals surface area contributed by atoms with E-state index in [4.69, 9.17) is 4.74 Å². The van der Waals surface area contributed by atoms with Crippen LogP contribution < -0.4 is 4.74 Å². The highest BCUT2D eigenvalue weighted by Gasteiger charge is 2.13. The van der Waals surface area contributed by atoms with E-state index >= 15 is 0 Å². The summed E-state index contributed by atoms with van der Waals surface area (Å²) < 4.78 is 5.25. The number of carbonyl (C=O) groups excluding carboxylic acids is 2. The third-order valence-electron chi connectivity index (χ3n) is 3.27. The van der Waals surface area contributed by atoms with Crippen LogP contribution in [-0.2, 0) is 0 Å². The van der Waals surface area contributed by atoms with Gasteiger partial charge in [0.1, 0.15) is 11.5 Å². The Hall–Kier alpha value is -3.12. The van der Waals surface area contributed by atoms with Gasteiger partial charge in [-0.25, -0.2) is 4.79 Å². The van der Waals surface area contributed by atoms with Crippen LogP contribution in [0.3, 0.4) is 0 Å². The van der Waals surface area contributed by atoms with Crippen molar-refractivity contribution in [3.05, 3.63) is 84.2 Å². The molecule has 0 bridgehead atoms. The maximum absolute atomic E-state index is 12.2. The van der Waals surface area contributed by atoms with Crippen molar-refractivity contribution < 1.29 is 19.4 Å². The van der Waals surface area contributed by atoms with Crippen molar-refractivity contribution in [2.45, 2.75) is 4.90 Å². The standard InChI is InChI=1S/C19H13NO4S/c21-17-6-2-1-5-16(17)19(23)25-15-9-7-14(8-10-15)24-18(22)13-4-3-11-20-12-13/h1-12,21H. The maximum atomic E-state index is 12.2. The normalized spacial score (nSPS) is 10.2. The van der Waals surface area contributed by atoms with Crippen molar-refractivity contribution in [2.75, 3.05) is 0 Å². The molecule has 1 heterocycles. The zero-order valence-corrected chi connectivity index (χ0v) is 13.8. The molecular weight excluding hydrogens is 338 g/mol. The number of aromatic hydroxyl groups is 1. The summed E-state index contributed by atoms with van der Waals surface area (Å²) in [7, 11) is 0. The lowest BCUT2D eigenvalue weighted by Crippen LogP contribution is -2.08. The number of carbonyl (C=O) groups is 2. The van der Waals surface area contributed by atoms with E-state index in [1.54, 1.807) is 60.8 Å². The Morgan fingerprint density at radius 3 is 2.40 bits per heavy atom. The van der Waals surface area contributed by atoms with E-state index in [0.717, 1.165) is 11.8 Å². The van der Waals surface area contributed by atoms with Gasteiger partial charge < -0.3 is 9.84 Å². The van der Waals surface area contributed by atoms with Gasteiger partial charge in [-0.3, -0.25) is 9.78 Å². The molecular formula is C19H13NO4S. The van der Waals surface area contributed by atoms with E-state index in [1.165, 1.54) is 12.3 Å². The van der Waals surface area contributed by atoms with Crippen molar-refractivity contribution in [2.24, 2.45) is 0 Å². The Balaban J connectivity index is 1.65. The molecule has 1 N–H and O–H groups in total. The molecule has 25 heavy (non-hydrogen) atoms. The van der Waals surface area contributed by atoms with Crippen LogP contribution in [0.15, 0.2) is 78.0 Å². The molecule has 0 amide bonds. The first kappa shape index (κ1) is 16.7. The molecule has 0 aliphatic heterocycles. The molecule has 2 aromatic carbocycles. The number of pyridine rings is 1. The number of benzene rings is 2. The van der Waals surface area contributed by atoms with Crippen molar-refractivity contribution in [3.8, 4) is 11.5 Å². The Bertz CT molecular complexity index is 895. The van der Waals surface area contributed by atoms with Gasteiger partial charge in [0.25, 0.3) is 0 Å². The van der Waals surface area contributed by atoms with Crippen LogP contribution >= 0.6 is 11.8 Å². The van der Waals surface area contributed by atoms with E-state index in [0.29, 0.717) is 16.2 Å². The van der Waals surface area contributed by atoms with Crippen LogP contribution in [0.4, 0.5) is 0 Å². The fraction of sp³-hybridized carbons (Fsp3) is 0. The van der Waals surface area contributed by atoms with Gasteiger partial charge in [0.15, 0.2) is 0 Å². The van der Waals surface area contributed by atoms with Crippen LogP contribution in [0, 0.1) is 0 Å². The number of hydrogen-bond donors (Lipinski definition) is 1. The summed E-state index contributed by atoms with van der Waals surface area (Å²) in [6.45, 7) is 0. The van der Waals surface area contributed by atoms with Gasteiger partial charge in [-0.2, -0.15) is 0 Å². The molecule has 6 heteroatoms. The van der Waals surface area contributed by atoms with Gasteiger partial charge in [0.05, 0.1) is 11.1 Å². The highest BCUT2D eigenvalue weighted by atomic mass is 32.2. The molecule has 5 nitrogen and oxygen atoms in total. The van der Waals surface area contributed by atoms with Gasteiger partial charge in [-0.05, 0) is 60.3 Å². The highest BCUT2D eigenvalue weighted by molar-refractivity contribution is 8.14. The number of phenols is 1. The second-order valence-corrected chi connectivity index (χ2v) is 6.06. The number of thioether (sulfide) groups is 1. The lowest BCUT2D eigenvalue weighted by Gasteiger charge is -2.06. The Morgan fingerprint density at radius 2 is 1.72 bits per heavy atom. The molecule has 1 aromatic heterocycles. The molecule has 0 saturated carbocycles. The Kier molecular flexibility index (Phi) is 5.11. The predicted octanol–water partition coefficient (Wildman–Crippen LogP) is 3.94. The van der Waals surface area contributed by atoms with Gasteiger partial charge in [-0.15, -0.1) is 0 Å². The molecule has 3 aromatic rings. The van der Waals surface area contributed by atoms with Crippen molar-refractivity contribution in [1.29, 1.82) is 0 Å². The number of para-hydroxylation sites is 1. The van der Waals surface area contributed by atoms with Gasteiger partial charge in [0.2, 0.25) is 5.12 Å². The average Bonchev–Trinajstić information content (AvgIpc) is 2.64. The van der Waals surface area contributed by atoms with Crippen LogP contribution in [0.2, 0.25) is 0 Å². The first-order valence-corrected chi connectivity index (χ1v) is 8.17. The number of nitrogens with zero attached hydrogens (tertiary/aromatic N) is 1. The molecule has 0 unspecified atom stereocenters. The summed E-state index contributed by atoms with van der Waals surface area (Å²) in [5.41, 5.74) is 0.607. The number of ether oxygens (including phenoxy) is 1. The Labute approximate surface area is 148 Å². The number of esters is 1. The van der Waals surface area contributed by atoms with Crippen LogP contribution in [0.1, 0.15) is 20.7 Å². The molecule has 0 radical (unpaired) electrons. The molecule has 0 saturated heterocycles. The number of aromatic nitrogens is 1. The molecule has 3 rings (SSSR count). The molecule has 0 aliphatic rings. The first-order chi connectivity index (χ1) is 12.1. The zero-order chi connectivity index (χ0) is 17.6. The monoisotopic (exact) mass is 351 g/mol. The minimum Gasteiger partial charge on any atom is -0.507 e. The van der Waals surface area contributed by atoms with Gasteiger partial charge in [0, 0.05) is 17.3 Å². The van der Waals surface area contributed by atoms with Gasteiger partial charge >= 0.3 is 5.97 Å². The molecule has 124 valence electrons. The fourth-order valence-corrected chi connectivity index (χ4v) is 2.80. The summed E-state index contributed by atoms with van der Waals surface area (Å²) in [6, 6.07) is 16.2. The van der Waals surface area contributed by atoms with Crippen molar-refractivity contribution in [1.82, 2.24) is 4.98 Å². The van der Waals surface area contributed by atoms with Crippen molar-refractivity contribution >= 4 is 22.8 Å². The largest absolute Gasteiger partial charge is 0.507 e. The highest BCUT2D eigenvalue weighted by Crippen LogP contribution is 2.28.